The van der Waals surface area contributed by atoms with E-state index >= 15 is 0 Å². The molecule has 1 fully saturated rings. The number of rotatable bonds is 7. The van der Waals surface area contributed by atoms with Crippen molar-refractivity contribution >= 4 is 23.3 Å². The fourth-order valence-electron chi connectivity index (χ4n) is 3.91. The van der Waals surface area contributed by atoms with Gasteiger partial charge in [-0.25, -0.2) is 9.18 Å². The predicted octanol–water partition coefficient (Wildman–Crippen LogP) is 4.00. The van der Waals surface area contributed by atoms with Crippen molar-refractivity contribution in [3.8, 4) is 0 Å². The zero-order valence-electron chi connectivity index (χ0n) is 17.5. The van der Waals surface area contributed by atoms with Gasteiger partial charge in [-0.3, -0.25) is 4.79 Å². The van der Waals surface area contributed by atoms with Gasteiger partial charge in [-0.2, -0.15) is 0 Å². The van der Waals surface area contributed by atoms with Crippen LogP contribution in [0.15, 0.2) is 48.5 Å². The molecule has 0 atom stereocenters. The lowest BCUT2D eigenvalue weighted by Crippen LogP contribution is -2.51. The summed E-state index contributed by atoms with van der Waals surface area (Å²) >= 11 is 0. The Bertz CT molecular complexity index is 880. The minimum atomic E-state index is -0.556. The van der Waals surface area contributed by atoms with E-state index in [9.17, 15) is 14.0 Å². The van der Waals surface area contributed by atoms with E-state index in [1.807, 2.05) is 44.4 Å². The molecule has 0 aromatic heterocycles. The maximum atomic E-state index is 14.1. The summed E-state index contributed by atoms with van der Waals surface area (Å²) in [4.78, 5) is 26.8. The maximum Gasteiger partial charge on any atom is 0.319 e. The molecule has 2 aromatic carbocycles. The monoisotopic (exact) mass is 412 g/mol. The first-order valence-corrected chi connectivity index (χ1v) is 10.2. The second-order valence-electron chi connectivity index (χ2n) is 8.04. The van der Waals surface area contributed by atoms with Gasteiger partial charge in [0.1, 0.15) is 5.82 Å². The first-order valence-electron chi connectivity index (χ1n) is 10.2. The van der Waals surface area contributed by atoms with Gasteiger partial charge < -0.3 is 20.9 Å². The van der Waals surface area contributed by atoms with Crippen molar-refractivity contribution < 1.29 is 14.0 Å². The normalized spacial score (nSPS) is 15.1. The number of hydrogen-bond donors (Lipinski definition) is 3. The van der Waals surface area contributed by atoms with Crippen LogP contribution in [-0.2, 0) is 11.2 Å². The topological polar surface area (TPSA) is 73.5 Å². The van der Waals surface area contributed by atoms with Gasteiger partial charge in [-0.15, -0.1) is 0 Å². The first kappa shape index (κ1) is 21.8. The summed E-state index contributed by atoms with van der Waals surface area (Å²) in [6, 6.07) is 13.0. The Balaban J connectivity index is 1.57. The number of amides is 3. The Morgan fingerprint density at radius 1 is 1.03 bits per heavy atom. The molecule has 0 spiro atoms. The highest BCUT2D eigenvalue weighted by Crippen LogP contribution is 2.33. The number of hydrogen-bond acceptors (Lipinski definition) is 3. The number of urea groups is 1. The largest absolute Gasteiger partial charge is 0.336 e. The maximum absolute atomic E-state index is 14.1. The number of nitrogens with one attached hydrogen (secondary N) is 3. The summed E-state index contributed by atoms with van der Waals surface area (Å²) in [5, 5.41) is 8.23. The van der Waals surface area contributed by atoms with E-state index in [2.05, 4.69) is 20.9 Å². The number of anilines is 2. The molecular weight excluding hydrogens is 383 g/mol. The van der Waals surface area contributed by atoms with E-state index in [0.717, 1.165) is 31.2 Å². The average molecular weight is 413 g/mol. The second-order valence-corrected chi connectivity index (χ2v) is 8.04. The lowest BCUT2D eigenvalue weighted by Gasteiger charge is -2.36. The zero-order chi connectivity index (χ0) is 21.6. The van der Waals surface area contributed by atoms with E-state index in [1.165, 1.54) is 18.2 Å². The number of carbonyl (C=O) groups excluding carboxylic acids is 2. The Labute approximate surface area is 176 Å². The van der Waals surface area contributed by atoms with E-state index in [0.29, 0.717) is 12.2 Å². The Hall–Kier alpha value is -2.93. The molecule has 0 saturated heterocycles. The molecule has 3 amide bonds. The highest BCUT2D eigenvalue weighted by molar-refractivity contribution is 5.94. The molecule has 3 rings (SSSR count). The third-order valence-electron chi connectivity index (χ3n) is 5.77. The number of likely N-dealkylation sites (N-methyl/N-ethyl adjacent to an activating group) is 1. The Kier molecular flexibility index (Phi) is 7.05. The quantitative estimate of drug-likeness (QED) is 0.644. The van der Waals surface area contributed by atoms with Gasteiger partial charge in [0.25, 0.3) is 0 Å². The van der Waals surface area contributed by atoms with E-state index in [-0.39, 0.29) is 29.6 Å². The van der Waals surface area contributed by atoms with Crippen LogP contribution in [0.4, 0.5) is 20.6 Å². The highest BCUT2D eigenvalue weighted by Gasteiger charge is 2.36. The van der Waals surface area contributed by atoms with Crippen molar-refractivity contribution in [2.45, 2.75) is 37.6 Å². The van der Waals surface area contributed by atoms with Crippen LogP contribution in [0.25, 0.3) is 0 Å². The average Bonchev–Trinajstić information content (AvgIpc) is 3.20. The molecule has 1 aliphatic carbocycles. The van der Waals surface area contributed by atoms with Crippen LogP contribution >= 0.6 is 0 Å². The Morgan fingerprint density at radius 3 is 2.40 bits per heavy atom. The summed E-state index contributed by atoms with van der Waals surface area (Å²) in [7, 11) is 4.07. The second kappa shape index (κ2) is 9.71. The van der Waals surface area contributed by atoms with Gasteiger partial charge in [-0.1, -0.05) is 43.2 Å². The zero-order valence-corrected chi connectivity index (χ0v) is 17.5. The van der Waals surface area contributed by atoms with Crippen LogP contribution in [0, 0.1) is 5.82 Å². The van der Waals surface area contributed by atoms with E-state index in [1.54, 1.807) is 0 Å². The fraction of sp³-hybridized carbons (Fsp3) is 0.391. The molecular formula is C23H29FN4O2. The molecule has 160 valence electrons. The van der Waals surface area contributed by atoms with Crippen LogP contribution in [-0.4, -0.2) is 43.0 Å². The van der Waals surface area contributed by atoms with Gasteiger partial charge in [-0.05, 0) is 50.7 Å². The third kappa shape index (κ3) is 5.57. The van der Waals surface area contributed by atoms with Gasteiger partial charge in [0, 0.05) is 17.8 Å². The molecule has 0 unspecified atom stereocenters. The molecule has 0 aliphatic heterocycles. The van der Waals surface area contributed by atoms with Crippen LogP contribution < -0.4 is 16.0 Å². The number of nitrogens with zero attached hydrogens (tertiary/aromatic N) is 1. The first-order chi connectivity index (χ1) is 14.4. The summed E-state index contributed by atoms with van der Waals surface area (Å²) in [5.41, 5.74) is 1.27. The van der Waals surface area contributed by atoms with Gasteiger partial charge >= 0.3 is 6.03 Å². The lowest BCUT2D eigenvalue weighted by molar-refractivity contribution is -0.115. The number of carbonyl (C=O) groups is 2. The summed E-state index contributed by atoms with van der Waals surface area (Å²) in [5.74, 6) is -0.879. The number of halogens is 1. The van der Waals surface area contributed by atoms with Crippen molar-refractivity contribution in [3.63, 3.8) is 0 Å². The highest BCUT2D eigenvalue weighted by atomic mass is 19.1. The molecule has 1 saturated carbocycles. The van der Waals surface area contributed by atoms with Crippen LogP contribution in [0.3, 0.4) is 0 Å². The van der Waals surface area contributed by atoms with Crippen molar-refractivity contribution in [2.24, 2.45) is 0 Å². The molecule has 1 aliphatic rings. The van der Waals surface area contributed by atoms with Crippen molar-refractivity contribution in [3.05, 3.63) is 59.9 Å². The Morgan fingerprint density at radius 2 is 1.73 bits per heavy atom. The van der Waals surface area contributed by atoms with Gasteiger partial charge in [0.15, 0.2) is 0 Å². The summed E-state index contributed by atoms with van der Waals surface area (Å²) in [6.07, 6.45) is 4.56. The van der Waals surface area contributed by atoms with Crippen LogP contribution in [0.2, 0.25) is 0 Å². The van der Waals surface area contributed by atoms with Crippen LogP contribution in [0.5, 0.6) is 0 Å². The minimum Gasteiger partial charge on any atom is -0.336 e. The molecule has 0 radical (unpaired) electrons. The van der Waals surface area contributed by atoms with Crippen LogP contribution in [0.1, 0.15) is 31.2 Å². The molecule has 3 N–H and O–H groups in total. The predicted molar refractivity (Wildman–Crippen MR) is 117 cm³/mol. The van der Waals surface area contributed by atoms with Gasteiger partial charge in [0.05, 0.1) is 12.1 Å². The lowest BCUT2D eigenvalue weighted by atomic mass is 9.96. The standard InChI is InChI=1S/C23H29FN4O2/c1-28(2)23(12-6-7-13-23)16-25-22(30)26-18-10-11-19(24)20(15-18)27-21(29)14-17-8-4-3-5-9-17/h3-5,8-11,15H,6-7,12-14,16H2,1-2H3,(H,27,29)(H2,25,26,30). The minimum absolute atomic E-state index is 0.0172. The molecule has 0 bridgehead atoms. The number of benzene rings is 2. The van der Waals surface area contributed by atoms with Crippen molar-refractivity contribution in [1.29, 1.82) is 0 Å². The SMILES string of the molecule is CN(C)C1(CNC(=O)Nc2ccc(F)c(NC(=O)Cc3ccccc3)c2)CCCC1. The summed E-state index contributed by atoms with van der Waals surface area (Å²) < 4.78 is 14.1. The molecule has 30 heavy (non-hydrogen) atoms. The third-order valence-corrected chi connectivity index (χ3v) is 5.77. The van der Waals surface area contributed by atoms with Crippen molar-refractivity contribution in [1.82, 2.24) is 10.2 Å². The molecule has 6 nitrogen and oxygen atoms in total. The fourth-order valence-corrected chi connectivity index (χ4v) is 3.91. The van der Waals surface area contributed by atoms with E-state index < -0.39 is 5.82 Å². The van der Waals surface area contributed by atoms with E-state index in [4.69, 9.17) is 0 Å². The summed E-state index contributed by atoms with van der Waals surface area (Å²) in [6.45, 7) is 0.549. The molecule has 2 aromatic rings. The smallest absolute Gasteiger partial charge is 0.319 e. The molecule has 0 heterocycles. The van der Waals surface area contributed by atoms with Gasteiger partial charge in [0.2, 0.25) is 5.91 Å². The molecule has 7 heteroatoms. The van der Waals surface area contributed by atoms with Crippen molar-refractivity contribution in [2.75, 3.05) is 31.3 Å².